The second-order valence-electron chi connectivity index (χ2n) is 7.20. The summed E-state index contributed by atoms with van der Waals surface area (Å²) in [6, 6.07) is 1.77. The average Bonchev–Trinajstić information content (AvgIpc) is 2.72. The number of hydrogen-bond donors (Lipinski definition) is 3. The van der Waals surface area contributed by atoms with Gasteiger partial charge in [-0.1, -0.05) is 13.0 Å². The van der Waals surface area contributed by atoms with Crippen LogP contribution in [-0.4, -0.2) is 27.5 Å². The van der Waals surface area contributed by atoms with Gasteiger partial charge in [-0.3, -0.25) is 0 Å². The van der Waals surface area contributed by atoms with Crippen LogP contribution in [0, 0.1) is 17.3 Å². The number of aromatic hydroxyl groups is 1. The number of aliphatic hydroxyl groups excluding tert-OH is 1. The van der Waals surface area contributed by atoms with Gasteiger partial charge in [0.2, 0.25) is 0 Å². The van der Waals surface area contributed by atoms with Crippen molar-refractivity contribution in [1.29, 1.82) is 0 Å². The summed E-state index contributed by atoms with van der Waals surface area (Å²) in [4.78, 5) is 0. The average molecular weight is 291 g/mol. The number of hydrogen-bond acceptors (Lipinski definition) is 3. The maximum Gasteiger partial charge on any atom is 0.115 e. The van der Waals surface area contributed by atoms with Gasteiger partial charge in [0, 0.05) is 0 Å². The van der Waals surface area contributed by atoms with E-state index in [1.165, 1.54) is 0 Å². The van der Waals surface area contributed by atoms with Gasteiger partial charge in [-0.15, -0.1) is 0 Å². The van der Waals surface area contributed by atoms with Gasteiger partial charge in [0.25, 0.3) is 0 Å². The van der Waals surface area contributed by atoms with Crippen molar-refractivity contribution in [3.63, 3.8) is 0 Å². The van der Waals surface area contributed by atoms with E-state index in [1.807, 2.05) is 6.92 Å². The molecule has 4 rings (SSSR count). The third kappa shape index (κ3) is 1.80. The van der Waals surface area contributed by atoms with Crippen LogP contribution in [0.1, 0.15) is 53.8 Å². The number of phenolic OH excluding ortho intramolecular Hbond substituents is 1. The molecule has 3 heteroatoms. The van der Waals surface area contributed by atoms with E-state index in [2.05, 4.69) is 0 Å². The van der Waals surface area contributed by atoms with Crippen LogP contribution in [-0.2, 0) is 6.42 Å². The number of rotatable bonds is 0. The second-order valence-corrected chi connectivity index (χ2v) is 7.20. The fraction of sp³-hybridized carbons (Fsp3) is 0.667. The molecule has 3 unspecified atom stereocenters. The van der Waals surface area contributed by atoms with E-state index in [0.717, 1.165) is 24.0 Å². The van der Waals surface area contributed by atoms with E-state index >= 15 is 0 Å². The highest BCUT2D eigenvalue weighted by Gasteiger charge is 2.57. The van der Waals surface area contributed by atoms with E-state index in [9.17, 15) is 15.3 Å². The molecule has 3 aliphatic carbocycles. The van der Waals surface area contributed by atoms with Crippen molar-refractivity contribution in [1.82, 2.24) is 0 Å². The summed E-state index contributed by atoms with van der Waals surface area (Å²) >= 11 is 0. The first kappa shape index (κ1) is 10.6. The van der Waals surface area contributed by atoms with Crippen molar-refractivity contribution in [2.75, 3.05) is 0 Å². The SMILES string of the molecule is [2H]c1cc2c(c([2H])c1O)CC[C@@H]1C2CC[C@@]2(C)C1CC(O)[C@@]2([2H])O. The standard InChI is InChI=1S/C18H24O3/c1-18-7-6-13-12-5-3-11(19)8-10(12)2-4-14(13)15(18)9-16(20)17(18)21/h3,5,8,13-17,19-21H,2,4,6-7,9H2,1H3/t13?,14-,15?,16?,17-,18+/m1/s1/i3D,8D,17D. The molecule has 2 fully saturated rings. The summed E-state index contributed by atoms with van der Waals surface area (Å²) in [5, 5.41) is 30.7. The number of benzene rings is 1. The maximum atomic E-state index is 10.6. The van der Waals surface area contributed by atoms with E-state index in [1.54, 1.807) is 6.07 Å². The lowest BCUT2D eigenvalue weighted by atomic mass is 9.55. The molecule has 6 atom stereocenters. The van der Waals surface area contributed by atoms with Crippen LogP contribution in [0.25, 0.3) is 0 Å². The lowest BCUT2D eigenvalue weighted by molar-refractivity contribution is -0.0505. The smallest absolute Gasteiger partial charge is 0.115 e. The highest BCUT2D eigenvalue weighted by Crippen LogP contribution is 2.60. The van der Waals surface area contributed by atoms with Gasteiger partial charge in [0.1, 0.15) is 5.75 Å². The number of aliphatic hydroxyl groups is 2. The second kappa shape index (κ2) is 4.47. The first-order valence-electron chi connectivity index (χ1n) is 9.41. The Kier molecular flexibility index (Phi) is 2.26. The molecule has 3 nitrogen and oxygen atoms in total. The molecule has 1 aromatic rings. The molecule has 0 bridgehead atoms. The maximum absolute atomic E-state index is 10.6. The minimum Gasteiger partial charge on any atom is -0.508 e. The fourth-order valence-electron chi connectivity index (χ4n) is 5.22. The molecule has 3 N–H and O–H groups in total. The molecule has 114 valence electrons. The van der Waals surface area contributed by atoms with Gasteiger partial charge in [-0.05, 0) is 78.5 Å². The highest BCUT2D eigenvalue weighted by atomic mass is 16.3. The Morgan fingerprint density at radius 1 is 1.38 bits per heavy atom. The molecule has 0 aromatic heterocycles. The minimum absolute atomic E-state index is 0.00353. The minimum atomic E-state index is -1.81. The summed E-state index contributed by atoms with van der Waals surface area (Å²) < 4.78 is 24.3. The van der Waals surface area contributed by atoms with E-state index in [0.29, 0.717) is 19.3 Å². The van der Waals surface area contributed by atoms with Gasteiger partial charge < -0.3 is 15.3 Å². The topological polar surface area (TPSA) is 60.7 Å². The molecule has 0 saturated heterocycles. The molecular formula is C18H24O3. The van der Waals surface area contributed by atoms with Gasteiger partial charge in [-0.2, -0.15) is 0 Å². The highest BCUT2D eigenvalue weighted by molar-refractivity contribution is 5.40. The number of fused-ring (bicyclic) bond motifs is 5. The van der Waals surface area contributed by atoms with Crippen molar-refractivity contribution >= 4 is 0 Å². The molecule has 1 aromatic carbocycles. The third-order valence-corrected chi connectivity index (χ3v) is 6.31. The zero-order valence-corrected chi connectivity index (χ0v) is 12.3. The van der Waals surface area contributed by atoms with Crippen LogP contribution < -0.4 is 0 Å². The van der Waals surface area contributed by atoms with Gasteiger partial charge in [0.15, 0.2) is 0 Å². The van der Waals surface area contributed by atoms with E-state index in [4.69, 9.17) is 4.11 Å². The zero-order chi connectivity index (χ0) is 17.4. The van der Waals surface area contributed by atoms with Crippen LogP contribution in [0.5, 0.6) is 5.75 Å². The first-order chi connectivity index (χ1) is 11.2. The van der Waals surface area contributed by atoms with E-state index < -0.39 is 17.6 Å². The summed E-state index contributed by atoms with van der Waals surface area (Å²) in [5.41, 5.74) is 1.21. The Morgan fingerprint density at radius 2 is 2.19 bits per heavy atom. The van der Waals surface area contributed by atoms with Gasteiger partial charge in [-0.25, -0.2) is 0 Å². The quantitative estimate of drug-likeness (QED) is 0.688. The van der Waals surface area contributed by atoms with Crippen molar-refractivity contribution in [3.05, 3.63) is 29.3 Å². The first-order valence-corrected chi connectivity index (χ1v) is 7.91. The summed E-state index contributed by atoms with van der Waals surface area (Å²) in [5.74, 6) is 0.249. The van der Waals surface area contributed by atoms with Crippen molar-refractivity contribution in [2.24, 2.45) is 17.3 Å². The zero-order valence-electron chi connectivity index (χ0n) is 15.3. The molecule has 0 amide bonds. The molecule has 2 saturated carbocycles. The predicted octanol–water partition coefficient (Wildman–Crippen LogP) is 2.58. The molecule has 3 aliphatic rings. The molecule has 0 aliphatic heterocycles. The Labute approximate surface area is 129 Å². The number of phenols is 1. The van der Waals surface area contributed by atoms with Crippen LogP contribution in [0.4, 0.5) is 0 Å². The molecule has 0 heterocycles. The van der Waals surface area contributed by atoms with Crippen molar-refractivity contribution < 1.29 is 19.4 Å². The largest absolute Gasteiger partial charge is 0.508 e. The summed E-state index contributed by atoms with van der Waals surface area (Å²) in [6.45, 7) is 1.93. The Bertz CT molecular complexity index is 705. The van der Waals surface area contributed by atoms with Gasteiger partial charge in [0.05, 0.1) is 16.3 Å². The third-order valence-electron chi connectivity index (χ3n) is 6.31. The summed E-state index contributed by atoms with van der Waals surface area (Å²) in [7, 11) is 0. The van der Waals surface area contributed by atoms with Crippen molar-refractivity contribution in [3.8, 4) is 5.75 Å². The van der Waals surface area contributed by atoms with Crippen LogP contribution >= 0.6 is 0 Å². The van der Waals surface area contributed by atoms with Gasteiger partial charge >= 0.3 is 0 Å². The predicted molar refractivity (Wildman–Crippen MR) is 80.1 cm³/mol. The van der Waals surface area contributed by atoms with Crippen LogP contribution in [0.3, 0.4) is 0 Å². The monoisotopic (exact) mass is 291 g/mol. The molecular weight excluding hydrogens is 264 g/mol. The molecule has 0 spiro atoms. The van der Waals surface area contributed by atoms with Crippen LogP contribution in [0.15, 0.2) is 18.2 Å². The molecule has 21 heavy (non-hydrogen) atoms. The Morgan fingerprint density at radius 3 is 3.00 bits per heavy atom. The Hall–Kier alpha value is -1.06. The van der Waals surface area contributed by atoms with E-state index in [-0.39, 0.29) is 35.6 Å². The molecule has 0 radical (unpaired) electrons. The lowest BCUT2D eigenvalue weighted by Gasteiger charge is -2.49. The lowest BCUT2D eigenvalue weighted by Crippen LogP contribution is -2.44. The summed E-state index contributed by atoms with van der Waals surface area (Å²) in [6.07, 6.45) is 0.544. The fourth-order valence-corrected chi connectivity index (χ4v) is 5.22. The normalized spacial score (nSPS) is 50.3. The van der Waals surface area contributed by atoms with Crippen molar-refractivity contribution in [2.45, 2.75) is 57.1 Å². The Balaban J connectivity index is 1.77. The van der Waals surface area contributed by atoms with Crippen LogP contribution in [0.2, 0.25) is 0 Å².